The van der Waals surface area contributed by atoms with Crippen LogP contribution in [0.2, 0.25) is 5.22 Å². The molecule has 0 aliphatic rings. The zero-order valence-corrected chi connectivity index (χ0v) is 16.5. The maximum absolute atomic E-state index is 12.1. The zero-order valence-electron chi connectivity index (χ0n) is 15.7. The van der Waals surface area contributed by atoms with Gasteiger partial charge in [0, 0.05) is 25.3 Å². The number of hydrogen-bond donors (Lipinski definition) is 2. The molecule has 1 unspecified atom stereocenters. The maximum atomic E-state index is 12.1. The molecule has 7 nitrogen and oxygen atoms in total. The van der Waals surface area contributed by atoms with Gasteiger partial charge in [0.1, 0.15) is 17.1 Å². The van der Waals surface area contributed by atoms with Crippen LogP contribution in [0.1, 0.15) is 35.5 Å². The van der Waals surface area contributed by atoms with Crippen LogP contribution in [0.3, 0.4) is 0 Å². The van der Waals surface area contributed by atoms with Gasteiger partial charge in [-0.05, 0) is 48.4 Å². The van der Waals surface area contributed by atoms with Gasteiger partial charge in [0.05, 0.1) is 6.04 Å². The summed E-state index contributed by atoms with van der Waals surface area (Å²) in [6.07, 6.45) is 0.620. The van der Waals surface area contributed by atoms with Gasteiger partial charge in [0.15, 0.2) is 5.22 Å². The molecular formula is C20H20ClN3O4. The molecule has 0 aliphatic heterocycles. The minimum Gasteiger partial charge on any atom is -0.448 e. The Morgan fingerprint density at radius 1 is 1.14 bits per heavy atom. The van der Waals surface area contributed by atoms with Gasteiger partial charge in [-0.15, -0.1) is 0 Å². The summed E-state index contributed by atoms with van der Waals surface area (Å²) in [5.41, 5.74) is 0.152. The molecule has 0 bridgehead atoms. The third-order valence-electron chi connectivity index (χ3n) is 4.36. The van der Waals surface area contributed by atoms with E-state index in [1.807, 2.05) is 6.92 Å². The monoisotopic (exact) mass is 401 g/mol. The quantitative estimate of drug-likeness (QED) is 0.588. The second kappa shape index (κ2) is 7.90. The summed E-state index contributed by atoms with van der Waals surface area (Å²) in [6, 6.07) is 9.77. The van der Waals surface area contributed by atoms with E-state index >= 15 is 0 Å². The van der Waals surface area contributed by atoms with Gasteiger partial charge in [-0.2, -0.15) is 0 Å². The van der Waals surface area contributed by atoms with E-state index in [-0.39, 0.29) is 28.5 Å². The SMILES string of the molecule is CCC(Nc1c(Nc2cccc(C(=O)N(C)C)c2)c(=O)c1=O)c1ccc(Cl)o1. The Morgan fingerprint density at radius 2 is 1.86 bits per heavy atom. The summed E-state index contributed by atoms with van der Waals surface area (Å²) in [5, 5.41) is 6.26. The van der Waals surface area contributed by atoms with E-state index < -0.39 is 10.9 Å². The fourth-order valence-electron chi connectivity index (χ4n) is 2.85. The van der Waals surface area contributed by atoms with Gasteiger partial charge < -0.3 is 20.0 Å². The normalized spacial score (nSPS) is 12.0. The standard InChI is InChI=1S/C20H20ClN3O4/c1-4-13(14-8-9-15(21)28-14)23-17-16(18(25)19(17)26)22-12-7-5-6-11(10-12)20(27)24(2)3/h5-10,13,22-23H,4H2,1-3H3. The number of furan rings is 1. The van der Waals surface area contributed by atoms with Gasteiger partial charge >= 0.3 is 0 Å². The number of benzene rings is 1. The van der Waals surface area contributed by atoms with Crippen LogP contribution in [0, 0.1) is 0 Å². The Bertz CT molecular complexity index is 1080. The van der Waals surface area contributed by atoms with Crippen molar-refractivity contribution in [3.05, 3.63) is 73.4 Å². The topological polar surface area (TPSA) is 91.6 Å². The highest BCUT2D eigenvalue weighted by Gasteiger charge is 2.25. The molecule has 146 valence electrons. The predicted molar refractivity (Wildman–Crippen MR) is 109 cm³/mol. The molecule has 1 atom stereocenters. The number of nitrogens with zero attached hydrogens (tertiary/aromatic N) is 1. The third-order valence-corrected chi connectivity index (χ3v) is 4.56. The van der Waals surface area contributed by atoms with E-state index in [1.54, 1.807) is 50.5 Å². The minimum atomic E-state index is -0.612. The molecule has 0 saturated heterocycles. The molecule has 28 heavy (non-hydrogen) atoms. The second-order valence-electron chi connectivity index (χ2n) is 6.56. The first-order valence-electron chi connectivity index (χ1n) is 8.75. The molecule has 1 aromatic heterocycles. The third kappa shape index (κ3) is 3.80. The first-order valence-corrected chi connectivity index (χ1v) is 9.13. The fraction of sp³-hybridized carbons (Fsp3) is 0.250. The summed E-state index contributed by atoms with van der Waals surface area (Å²) < 4.78 is 5.41. The van der Waals surface area contributed by atoms with Gasteiger partial charge in [0.2, 0.25) is 0 Å². The summed E-state index contributed by atoms with van der Waals surface area (Å²) >= 11 is 5.83. The molecule has 8 heteroatoms. The van der Waals surface area contributed by atoms with Crippen LogP contribution in [-0.4, -0.2) is 24.9 Å². The lowest BCUT2D eigenvalue weighted by atomic mass is 10.1. The van der Waals surface area contributed by atoms with E-state index in [9.17, 15) is 14.4 Å². The van der Waals surface area contributed by atoms with Gasteiger partial charge in [0.25, 0.3) is 16.8 Å². The Kier molecular flexibility index (Phi) is 5.56. The lowest BCUT2D eigenvalue weighted by molar-refractivity contribution is 0.0827. The van der Waals surface area contributed by atoms with Crippen molar-refractivity contribution in [3.63, 3.8) is 0 Å². The van der Waals surface area contributed by atoms with E-state index in [4.69, 9.17) is 16.0 Å². The predicted octanol–water partition coefficient (Wildman–Crippen LogP) is 3.54. The second-order valence-corrected chi connectivity index (χ2v) is 6.93. The van der Waals surface area contributed by atoms with Crippen LogP contribution < -0.4 is 21.5 Å². The Labute approximate surface area is 166 Å². The van der Waals surface area contributed by atoms with Crippen molar-refractivity contribution in [3.8, 4) is 0 Å². The molecular weight excluding hydrogens is 382 g/mol. The van der Waals surface area contributed by atoms with Crippen LogP contribution in [0.4, 0.5) is 17.1 Å². The van der Waals surface area contributed by atoms with Crippen molar-refractivity contribution in [2.75, 3.05) is 24.7 Å². The van der Waals surface area contributed by atoms with Gasteiger partial charge in [-0.1, -0.05) is 13.0 Å². The molecule has 1 amide bonds. The summed E-state index contributed by atoms with van der Waals surface area (Å²) in [4.78, 5) is 37.8. The lowest BCUT2D eigenvalue weighted by Gasteiger charge is -2.20. The average molecular weight is 402 g/mol. The molecule has 0 spiro atoms. The zero-order chi connectivity index (χ0) is 20.4. The van der Waals surface area contributed by atoms with Gasteiger partial charge in [-0.3, -0.25) is 14.4 Å². The van der Waals surface area contributed by atoms with Crippen molar-refractivity contribution in [1.82, 2.24) is 4.90 Å². The van der Waals surface area contributed by atoms with Crippen LogP contribution in [0.15, 0.2) is 50.4 Å². The first-order chi connectivity index (χ1) is 13.3. The number of hydrogen-bond acceptors (Lipinski definition) is 6. The molecule has 2 aromatic carbocycles. The fourth-order valence-corrected chi connectivity index (χ4v) is 3.00. The average Bonchev–Trinajstić information content (AvgIpc) is 3.12. The molecule has 3 aromatic rings. The lowest BCUT2D eigenvalue weighted by Crippen LogP contribution is -2.37. The van der Waals surface area contributed by atoms with E-state index in [0.717, 1.165) is 0 Å². The highest BCUT2D eigenvalue weighted by atomic mass is 35.5. The van der Waals surface area contributed by atoms with E-state index in [1.165, 1.54) is 4.90 Å². The van der Waals surface area contributed by atoms with Crippen LogP contribution in [-0.2, 0) is 0 Å². The molecule has 1 heterocycles. The van der Waals surface area contributed by atoms with Crippen LogP contribution >= 0.6 is 11.6 Å². The van der Waals surface area contributed by atoms with Crippen molar-refractivity contribution >= 4 is 34.6 Å². The summed E-state index contributed by atoms with van der Waals surface area (Å²) in [7, 11) is 3.32. The highest BCUT2D eigenvalue weighted by Crippen LogP contribution is 2.29. The number of anilines is 3. The number of rotatable bonds is 7. The largest absolute Gasteiger partial charge is 0.448 e. The molecule has 2 N–H and O–H groups in total. The molecule has 0 fully saturated rings. The van der Waals surface area contributed by atoms with E-state index in [0.29, 0.717) is 23.4 Å². The molecule has 0 aliphatic carbocycles. The molecule has 0 radical (unpaired) electrons. The molecule has 0 saturated carbocycles. The summed E-state index contributed by atoms with van der Waals surface area (Å²) in [6.45, 7) is 1.92. The number of halogens is 1. The maximum Gasteiger partial charge on any atom is 0.253 e. The van der Waals surface area contributed by atoms with Crippen LogP contribution in [0.25, 0.3) is 0 Å². The van der Waals surface area contributed by atoms with Crippen LogP contribution in [0.5, 0.6) is 0 Å². The summed E-state index contributed by atoms with van der Waals surface area (Å²) in [5.74, 6) is 0.415. The highest BCUT2D eigenvalue weighted by molar-refractivity contribution is 6.28. The Morgan fingerprint density at radius 3 is 2.46 bits per heavy atom. The Balaban J connectivity index is 1.84. The first kappa shape index (κ1) is 19.7. The number of carbonyl (C=O) groups excluding carboxylic acids is 1. The van der Waals surface area contributed by atoms with Gasteiger partial charge in [-0.25, -0.2) is 0 Å². The number of carbonyl (C=O) groups is 1. The number of nitrogens with one attached hydrogen (secondary N) is 2. The smallest absolute Gasteiger partial charge is 0.253 e. The number of amides is 1. The van der Waals surface area contributed by atoms with Crippen molar-refractivity contribution in [2.45, 2.75) is 19.4 Å². The van der Waals surface area contributed by atoms with Crippen molar-refractivity contribution < 1.29 is 9.21 Å². The van der Waals surface area contributed by atoms with Crippen molar-refractivity contribution in [2.24, 2.45) is 0 Å². The van der Waals surface area contributed by atoms with Crippen molar-refractivity contribution in [1.29, 1.82) is 0 Å². The molecule has 3 rings (SSSR count). The van der Waals surface area contributed by atoms with E-state index in [2.05, 4.69) is 10.6 Å². The minimum absolute atomic E-state index is 0.160. The Hall–Kier alpha value is -3.06.